The van der Waals surface area contributed by atoms with Crippen molar-refractivity contribution in [2.45, 2.75) is 37.1 Å². The lowest BCUT2D eigenvalue weighted by molar-refractivity contribution is 0.522. The largest absolute Gasteiger partial charge is 0.240 e. The van der Waals surface area contributed by atoms with E-state index in [2.05, 4.69) is 20.7 Å². The molecule has 7 heteroatoms. The molecule has 0 aliphatic carbocycles. The Balaban J connectivity index is 2.74. The minimum atomic E-state index is -3.59. The SMILES string of the molecule is C#CC[C@@H](CCCN=[N+]=[N-])NS(=O)(=O)c1ccc(C)cc1. The number of nitrogens with one attached hydrogen (secondary N) is 1. The van der Waals surface area contributed by atoms with Gasteiger partial charge in [0.2, 0.25) is 10.0 Å². The van der Waals surface area contributed by atoms with Crippen molar-refractivity contribution in [2.75, 3.05) is 6.54 Å². The molecule has 0 radical (unpaired) electrons. The van der Waals surface area contributed by atoms with Crippen LogP contribution < -0.4 is 4.72 Å². The highest BCUT2D eigenvalue weighted by atomic mass is 32.2. The highest BCUT2D eigenvalue weighted by molar-refractivity contribution is 7.89. The molecule has 6 nitrogen and oxygen atoms in total. The van der Waals surface area contributed by atoms with Crippen molar-refractivity contribution < 1.29 is 8.42 Å². The van der Waals surface area contributed by atoms with Gasteiger partial charge in [-0.3, -0.25) is 0 Å². The van der Waals surface area contributed by atoms with Gasteiger partial charge in [0.1, 0.15) is 0 Å². The molecule has 112 valence electrons. The maximum Gasteiger partial charge on any atom is 0.240 e. The van der Waals surface area contributed by atoms with Crippen molar-refractivity contribution in [3.05, 3.63) is 40.3 Å². The van der Waals surface area contributed by atoms with E-state index in [1.807, 2.05) is 6.92 Å². The van der Waals surface area contributed by atoms with Gasteiger partial charge in [0.25, 0.3) is 0 Å². The van der Waals surface area contributed by atoms with Gasteiger partial charge in [-0.15, -0.1) is 12.3 Å². The molecule has 0 unspecified atom stereocenters. The molecule has 0 aliphatic rings. The highest BCUT2D eigenvalue weighted by Crippen LogP contribution is 2.13. The van der Waals surface area contributed by atoms with E-state index in [0.717, 1.165) is 5.56 Å². The fraction of sp³-hybridized carbons (Fsp3) is 0.429. The van der Waals surface area contributed by atoms with Crippen LogP contribution in [0.25, 0.3) is 10.4 Å². The zero-order valence-corrected chi connectivity index (χ0v) is 12.7. The van der Waals surface area contributed by atoms with Gasteiger partial charge in [0, 0.05) is 23.9 Å². The van der Waals surface area contributed by atoms with E-state index in [9.17, 15) is 8.42 Å². The summed E-state index contributed by atoms with van der Waals surface area (Å²) in [6.45, 7) is 2.21. The quantitative estimate of drug-likeness (QED) is 0.263. The molecule has 1 aromatic carbocycles. The molecule has 21 heavy (non-hydrogen) atoms. The molecule has 0 bridgehead atoms. The average Bonchev–Trinajstić information content (AvgIpc) is 2.44. The molecule has 0 saturated carbocycles. The maximum atomic E-state index is 12.3. The van der Waals surface area contributed by atoms with Gasteiger partial charge in [0.05, 0.1) is 4.90 Å². The summed E-state index contributed by atoms with van der Waals surface area (Å²) in [6.07, 6.45) is 6.66. The van der Waals surface area contributed by atoms with Crippen LogP contribution in [-0.4, -0.2) is 21.0 Å². The van der Waals surface area contributed by atoms with Crippen LogP contribution in [-0.2, 0) is 10.0 Å². The van der Waals surface area contributed by atoms with E-state index in [-0.39, 0.29) is 10.9 Å². The van der Waals surface area contributed by atoms with Crippen LogP contribution in [0.3, 0.4) is 0 Å². The summed E-state index contributed by atoms with van der Waals surface area (Å²) in [5, 5.41) is 3.42. The van der Waals surface area contributed by atoms with E-state index in [0.29, 0.717) is 25.8 Å². The molecule has 1 rings (SSSR count). The average molecular weight is 306 g/mol. The molecular formula is C14H18N4O2S. The molecule has 0 amide bonds. The fourth-order valence-corrected chi connectivity index (χ4v) is 3.07. The summed E-state index contributed by atoms with van der Waals surface area (Å²) >= 11 is 0. The third-order valence-electron chi connectivity index (χ3n) is 2.89. The molecule has 0 fully saturated rings. The van der Waals surface area contributed by atoms with Crippen molar-refractivity contribution in [2.24, 2.45) is 5.11 Å². The Labute approximate surface area is 125 Å². The Morgan fingerprint density at radius 3 is 2.67 bits per heavy atom. The smallest absolute Gasteiger partial charge is 0.207 e. The minimum absolute atomic E-state index is 0.213. The first kappa shape index (κ1) is 17.1. The van der Waals surface area contributed by atoms with Crippen LogP contribution in [0.15, 0.2) is 34.3 Å². The van der Waals surface area contributed by atoms with Gasteiger partial charge in [-0.2, -0.15) is 0 Å². The molecule has 0 aromatic heterocycles. The van der Waals surface area contributed by atoms with E-state index in [1.165, 1.54) is 0 Å². The standard InChI is InChI=1S/C14H18N4O2S/c1-3-5-13(6-4-11-16-18-15)17-21(19,20)14-9-7-12(2)8-10-14/h1,7-10,13,17H,4-6,11H2,2H3/t13-/m0/s1. The number of rotatable bonds is 8. The first-order valence-corrected chi connectivity index (χ1v) is 8.01. The predicted octanol–water partition coefficient (Wildman–Crippen LogP) is 2.76. The maximum absolute atomic E-state index is 12.3. The molecule has 0 spiro atoms. The zero-order chi connectivity index (χ0) is 15.7. The lowest BCUT2D eigenvalue weighted by Crippen LogP contribution is -2.34. The van der Waals surface area contributed by atoms with E-state index in [1.54, 1.807) is 24.3 Å². The number of nitrogens with zero attached hydrogens (tertiary/aromatic N) is 3. The first-order chi connectivity index (χ1) is 9.99. The Hall–Kier alpha value is -2.00. The summed E-state index contributed by atoms with van der Waals surface area (Å²) in [7, 11) is -3.59. The summed E-state index contributed by atoms with van der Waals surface area (Å²) in [5.74, 6) is 2.46. The topological polar surface area (TPSA) is 94.9 Å². The minimum Gasteiger partial charge on any atom is -0.207 e. The summed E-state index contributed by atoms with van der Waals surface area (Å²) in [5.41, 5.74) is 9.20. The molecule has 1 aromatic rings. The molecule has 0 heterocycles. The van der Waals surface area contributed by atoms with Crippen molar-refractivity contribution in [1.82, 2.24) is 4.72 Å². The second-order valence-electron chi connectivity index (χ2n) is 4.64. The van der Waals surface area contributed by atoms with E-state index in [4.69, 9.17) is 12.0 Å². The molecule has 0 saturated heterocycles. The van der Waals surface area contributed by atoms with Crippen LogP contribution in [0.5, 0.6) is 0 Å². The number of hydrogen-bond acceptors (Lipinski definition) is 3. The number of benzene rings is 1. The number of aryl methyl sites for hydroxylation is 1. The lowest BCUT2D eigenvalue weighted by atomic mass is 10.1. The highest BCUT2D eigenvalue weighted by Gasteiger charge is 2.19. The van der Waals surface area contributed by atoms with Gasteiger partial charge in [0.15, 0.2) is 0 Å². The second kappa shape index (κ2) is 8.32. The monoisotopic (exact) mass is 306 g/mol. The zero-order valence-electron chi connectivity index (χ0n) is 11.9. The number of azide groups is 1. The van der Waals surface area contributed by atoms with Gasteiger partial charge in [-0.1, -0.05) is 22.8 Å². The fourth-order valence-electron chi connectivity index (χ4n) is 1.80. The van der Waals surface area contributed by atoms with Gasteiger partial charge < -0.3 is 0 Å². The third kappa shape index (κ3) is 5.88. The number of hydrogen-bond donors (Lipinski definition) is 1. The van der Waals surface area contributed by atoms with Crippen LogP contribution in [0.2, 0.25) is 0 Å². The molecule has 0 aliphatic heterocycles. The Morgan fingerprint density at radius 2 is 2.10 bits per heavy atom. The van der Waals surface area contributed by atoms with Crippen molar-refractivity contribution in [1.29, 1.82) is 0 Å². The second-order valence-corrected chi connectivity index (χ2v) is 6.35. The third-order valence-corrected chi connectivity index (χ3v) is 4.43. The number of terminal acetylenes is 1. The van der Waals surface area contributed by atoms with Gasteiger partial charge in [-0.25, -0.2) is 13.1 Å². The van der Waals surface area contributed by atoms with Crippen LogP contribution in [0, 0.1) is 19.3 Å². The van der Waals surface area contributed by atoms with Crippen molar-refractivity contribution in [3.8, 4) is 12.3 Å². The van der Waals surface area contributed by atoms with Crippen molar-refractivity contribution >= 4 is 10.0 Å². The number of sulfonamides is 1. The normalized spacial score (nSPS) is 12.2. The molecule has 1 atom stereocenters. The predicted molar refractivity (Wildman–Crippen MR) is 82.0 cm³/mol. The first-order valence-electron chi connectivity index (χ1n) is 6.53. The Kier molecular flexibility index (Phi) is 6.76. The van der Waals surface area contributed by atoms with E-state index >= 15 is 0 Å². The van der Waals surface area contributed by atoms with Crippen molar-refractivity contribution in [3.63, 3.8) is 0 Å². The van der Waals surface area contributed by atoms with Gasteiger partial charge in [-0.05, 0) is 37.4 Å². The van der Waals surface area contributed by atoms with Crippen LogP contribution >= 0.6 is 0 Å². The molecular weight excluding hydrogens is 288 g/mol. The Bertz CT molecular complexity index is 641. The molecule has 1 N–H and O–H groups in total. The van der Waals surface area contributed by atoms with Crippen LogP contribution in [0.4, 0.5) is 0 Å². The summed E-state index contributed by atoms with van der Waals surface area (Å²) in [4.78, 5) is 2.87. The summed E-state index contributed by atoms with van der Waals surface area (Å²) < 4.78 is 27.1. The van der Waals surface area contributed by atoms with Crippen LogP contribution in [0.1, 0.15) is 24.8 Å². The van der Waals surface area contributed by atoms with Gasteiger partial charge >= 0.3 is 0 Å². The Morgan fingerprint density at radius 1 is 1.43 bits per heavy atom. The van der Waals surface area contributed by atoms with E-state index < -0.39 is 10.0 Å². The summed E-state index contributed by atoms with van der Waals surface area (Å²) in [6, 6.07) is 6.24. The lowest BCUT2D eigenvalue weighted by Gasteiger charge is -2.16.